The van der Waals surface area contributed by atoms with Crippen molar-refractivity contribution in [3.05, 3.63) is 41.0 Å². The lowest BCUT2D eigenvalue weighted by Gasteiger charge is -2.38. The fourth-order valence-corrected chi connectivity index (χ4v) is 3.15. The minimum absolute atomic E-state index is 0.0876. The van der Waals surface area contributed by atoms with Crippen LogP contribution in [0, 0.1) is 19.8 Å². The number of hydrogen-bond acceptors (Lipinski definition) is 3. The van der Waals surface area contributed by atoms with Crippen LogP contribution in [0.5, 0.6) is 0 Å². The molecule has 0 saturated carbocycles. The van der Waals surface area contributed by atoms with Gasteiger partial charge in [0.1, 0.15) is 0 Å². The summed E-state index contributed by atoms with van der Waals surface area (Å²) in [4.78, 5) is 11.3. The number of carboxylic acid groups (broad SMARTS) is 1. The Morgan fingerprint density at radius 1 is 1.39 bits per heavy atom. The smallest absolute Gasteiger partial charge is 0.0698 e. The first-order valence-electron chi connectivity index (χ1n) is 6.33. The van der Waals surface area contributed by atoms with Gasteiger partial charge in [0.15, 0.2) is 0 Å². The third-order valence-electron chi connectivity index (χ3n) is 4.32. The Labute approximate surface area is 107 Å². The maximum absolute atomic E-state index is 11.3. The SMILES string of the molecule is Cc1ccc2c(c1C)N[C@@H](C(=O)[O-])[C@@H]1CC=C[C@H]21. The summed E-state index contributed by atoms with van der Waals surface area (Å²) in [5, 5.41) is 14.5. The van der Waals surface area contributed by atoms with Gasteiger partial charge in [0.2, 0.25) is 0 Å². The zero-order valence-electron chi connectivity index (χ0n) is 10.6. The highest BCUT2D eigenvalue weighted by Crippen LogP contribution is 2.45. The van der Waals surface area contributed by atoms with E-state index >= 15 is 0 Å². The molecule has 3 nitrogen and oxygen atoms in total. The predicted molar refractivity (Wildman–Crippen MR) is 68.3 cm³/mol. The van der Waals surface area contributed by atoms with Crippen LogP contribution in [0.25, 0.3) is 0 Å². The van der Waals surface area contributed by atoms with Gasteiger partial charge in [0.05, 0.1) is 12.0 Å². The Kier molecular flexibility index (Phi) is 2.44. The summed E-state index contributed by atoms with van der Waals surface area (Å²) in [6.07, 6.45) is 5.02. The minimum atomic E-state index is -1.000. The molecule has 0 saturated heterocycles. The number of carboxylic acids is 1. The molecule has 94 valence electrons. The van der Waals surface area contributed by atoms with Gasteiger partial charge in [0, 0.05) is 11.6 Å². The molecule has 0 aromatic heterocycles. The standard InChI is InChI=1S/C15H17NO2/c1-8-6-7-12-10-4-3-5-11(10)14(15(17)18)16-13(12)9(8)2/h3-4,6-7,10-11,14,16H,5H2,1-2H3,(H,17,18)/p-1/t10-,11+,14+/m0/s1. The molecule has 1 aromatic carbocycles. The predicted octanol–water partition coefficient (Wildman–Crippen LogP) is 1.51. The second-order valence-corrected chi connectivity index (χ2v) is 5.27. The average molecular weight is 242 g/mol. The lowest BCUT2D eigenvalue weighted by Crippen LogP contribution is -2.49. The van der Waals surface area contributed by atoms with Crippen LogP contribution in [0.4, 0.5) is 5.69 Å². The molecule has 0 fully saturated rings. The Morgan fingerprint density at radius 2 is 2.17 bits per heavy atom. The van der Waals surface area contributed by atoms with Gasteiger partial charge in [-0.15, -0.1) is 0 Å². The van der Waals surface area contributed by atoms with Gasteiger partial charge >= 0.3 is 0 Å². The number of anilines is 1. The largest absolute Gasteiger partial charge is 0.548 e. The summed E-state index contributed by atoms with van der Waals surface area (Å²) in [6.45, 7) is 4.08. The first kappa shape index (κ1) is 11.3. The number of fused-ring (bicyclic) bond motifs is 3. The molecular formula is C15H16NO2-. The molecule has 1 N–H and O–H groups in total. The third-order valence-corrected chi connectivity index (χ3v) is 4.32. The Morgan fingerprint density at radius 3 is 2.89 bits per heavy atom. The summed E-state index contributed by atoms with van der Waals surface area (Å²) in [5.41, 5.74) is 4.52. The van der Waals surface area contributed by atoms with Crippen molar-refractivity contribution < 1.29 is 9.90 Å². The highest BCUT2D eigenvalue weighted by atomic mass is 16.4. The highest BCUT2D eigenvalue weighted by molar-refractivity contribution is 5.80. The zero-order valence-corrected chi connectivity index (χ0v) is 10.6. The minimum Gasteiger partial charge on any atom is -0.548 e. The molecule has 1 aromatic rings. The lowest BCUT2D eigenvalue weighted by molar-refractivity contribution is -0.308. The first-order chi connectivity index (χ1) is 8.59. The number of benzene rings is 1. The van der Waals surface area contributed by atoms with E-state index < -0.39 is 12.0 Å². The number of rotatable bonds is 1. The van der Waals surface area contributed by atoms with E-state index in [1.807, 2.05) is 13.8 Å². The molecule has 0 amide bonds. The van der Waals surface area contributed by atoms with Crippen molar-refractivity contribution in [2.75, 3.05) is 5.32 Å². The van der Waals surface area contributed by atoms with Gasteiger partial charge < -0.3 is 15.2 Å². The van der Waals surface area contributed by atoms with E-state index in [9.17, 15) is 9.90 Å². The normalized spacial score (nSPS) is 28.4. The maximum Gasteiger partial charge on any atom is 0.0698 e. The van der Waals surface area contributed by atoms with Crippen LogP contribution < -0.4 is 10.4 Å². The summed E-state index contributed by atoms with van der Waals surface area (Å²) >= 11 is 0. The molecule has 1 aliphatic carbocycles. The second-order valence-electron chi connectivity index (χ2n) is 5.27. The molecule has 0 unspecified atom stereocenters. The fourth-order valence-electron chi connectivity index (χ4n) is 3.15. The Hall–Kier alpha value is -1.77. The Balaban J connectivity index is 2.14. The van der Waals surface area contributed by atoms with Crippen molar-refractivity contribution in [2.24, 2.45) is 5.92 Å². The molecule has 1 aliphatic heterocycles. The monoisotopic (exact) mass is 242 g/mol. The fraction of sp³-hybridized carbons (Fsp3) is 0.400. The number of carbonyl (C=O) groups excluding carboxylic acids is 1. The van der Waals surface area contributed by atoms with Crippen molar-refractivity contribution in [1.82, 2.24) is 0 Å². The summed E-state index contributed by atoms with van der Waals surface area (Å²) in [7, 11) is 0. The van der Waals surface area contributed by atoms with Crippen LogP contribution >= 0.6 is 0 Å². The quantitative estimate of drug-likeness (QED) is 0.759. The van der Waals surface area contributed by atoms with Crippen molar-refractivity contribution in [2.45, 2.75) is 32.2 Å². The van der Waals surface area contributed by atoms with Gasteiger partial charge in [-0.05, 0) is 42.9 Å². The van der Waals surface area contributed by atoms with Gasteiger partial charge in [-0.2, -0.15) is 0 Å². The number of nitrogens with one attached hydrogen (secondary N) is 1. The third kappa shape index (κ3) is 1.47. The van der Waals surface area contributed by atoms with E-state index in [0.717, 1.165) is 17.7 Å². The Bertz CT molecular complexity index is 548. The topological polar surface area (TPSA) is 52.2 Å². The van der Waals surface area contributed by atoms with Crippen molar-refractivity contribution in [3.8, 4) is 0 Å². The molecule has 18 heavy (non-hydrogen) atoms. The van der Waals surface area contributed by atoms with E-state index in [2.05, 4.69) is 29.6 Å². The summed E-state index contributed by atoms with van der Waals surface area (Å²) < 4.78 is 0. The van der Waals surface area contributed by atoms with E-state index in [1.165, 1.54) is 11.1 Å². The van der Waals surface area contributed by atoms with E-state index in [4.69, 9.17) is 0 Å². The molecular weight excluding hydrogens is 226 g/mol. The highest BCUT2D eigenvalue weighted by Gasteiger charge is 2.38. The van der Waals surface area contributed by atoms with Crippen molar-refractivity contribution in [1.29, 1.82) is 0 Å². The number of aryl methyl sites for hydroxylation is 1. The van der Waals surface area contributed by atoms with Crippen molar-refractivity contribution in [3.63, 3.8) is 0 Å². The first-order valence-corrected chi connectivity index (χ1v) is 6.33. The molecule has 2 aliphatic rings. The lowest BCUT2D eigenvalue weighted by atomic mass is 9.78. The molecule has 1 heterocycles. The molecule has 0 spiro atoms. The van der Waals surface area contributed by atoms with E-state index in [-0.39, 0.29) is 11.8 Å². The van der Waals surface area contributed by atoms with Gasteiger partial charge in [0.25, 0.3) is 0 Å². The molecule has 3 atom stereocenters. The van der Waals surface area contributed by atoms with Gasteiger partial charge in [-0.3, -0.25) is 0 Å². The number of aliphatic carboxylic acids is 1. The summed E-state index contributed by atoms with van der Waals surface area (Å²) in [5.74, 6) is -0.701. The molecule has 0 bridgehead atoms. The average Bonchev–Trinajstić information content (AvgIpc) is 2.81. The van der Waals surface area contributed by atoms with E-state index in [1.54, 1.807) is 0 Å². The van der Waals surface area contributed by atoms with Crippen molar-refractivity contribution >= 4 is 11.7 Å². The number of carbonyl (C=O) groups is 1. The molecule has 3 heteroatoms. The van der Waals surface area contributed by atoms with Gasteiger partial charge in [-0.1, -0.05) is 24.3 Å². The van der Waals surface area contributed by atoms with Crippen LogP contribution in [0.2, 0.25) is 0 Å². The maximum atomic E-state index is 11.3. The van der Waals surface area contributed by atoms with Gasteiger partial charge in [-0.25, -0.2) is 0 Å². The van der Waals surface area contributed by atoms with Crippen LogP contribution in [-0.2, 0) is 4.79 Å². The van der Waals surface area contributed by atoms with Crippen LogP contribution in [0.3, 0.4) is 0 Å². The molecule has 0 radical (unpaired) electrons. The number of hydrogen-bond donors (Lipinski definition) is 1. The zero-order chi connectivity index (χ0) is 12.9. The number of allylic oxidation sites excluding steroid dienone is 2. The van der Waals surface area contributed by atoms with Crippen LogP contribution in [0.15, 0.2) is 24.3 Å². The van der Waals surface area contributed by atoms with Crippen LogP contribution in [-0.4, -0.2) is 12.0 Å². The van der Waals surface area contributed by atoms with E-state index in [0.29, 0.717) is 0 Å². The summed E-state index contributed by atoms with van der Waals surface area (Å²) in [6, 6.07) is 3.64. The van der Waals surface area contributed by atoms with Crippen LogP contribution in [0.1, 0.15) is 29.0 Å². The second kappa shape index (κ2) is 3.87. The molecule has 3 rings (SSSR count).